The first-order valence-electron chi connectivity index (χ1n) is 4.31. The second-order valence-corrected chi connectivity index (χ2v) is 2.97. The van der Waals surface area contributed by atoms with Gasteiger partial charge in [0.2, 0.25) is 0 Å². The molecule has 0 bridgehead atoms. The number of nitrogens with two attached hydrogens (primary N) is 1. The van der Waals surface area contributed by atoms with Crippen molar-refractivity contribution in [2.75, 3.05) is 6.54 Å². The van der Waals surface area contributed by atoms with Gasteiger partial charge >= 0.3 is 5.69 Å². The molecule has 5 heteroatoms. The molecule has 1 aromatic carbocycles. The van der Waals surface area contributed by atoms with E-state index in [0.717, 1.165) is 12.0 Å². The molecule has 14 heavy (non-hydrogen) atoms. The Hall–Kier alpha value is -1.62. The Kier molecular flexibility index (Phi) is 3.41. The third kappa shape index (κ3) is 2.43. The van der Waals surface area contributed by atoms with Crippen LogP contribution in [-0.4, -0.2) is 16.6 Å². The van der Waals surface area contributed by atoms with Gasteiger partial charge in [-0.3, -0.25) is 10.1 Å². The fourth-order valence-electron chi connectivity index (χ4n) is 1.18. The smallest absolute Gasteiger partial charge is 0.310 e. The van der Waals surface area contributed by atoms with E-state index < -0.39 is 4.92 Å². The molecule has 0 aliphatic heterocycles. The Morgan fingerprint density at radius 1 is 1.50 bits per heavy atom. The van der Waals surface area contributed by atoms with E-state index in [0.29, 0.717) is 13.0 Å². The first kappa shape index (κ1) is 10.5. The second kappa shape index (κ2) is 4.57. The van der Waals surface area contributed by atoms with Crippen LogP contribution in [0.3, 0.4) is 0 Å². The minimum Gasteiger partial charge on any atom is -0.502 e. The summed E-state index contributed by atoms with van der Waals surface area (Å²) in [6.07, 6.45) is 1.47. The summed E-state index contributed by atoms with van der Waals surface area (Å²) in [5, 5.41) is 19.6. The minimum absolute atomic E-state index is 0.250. The van der Waals surface area contributed by atoms with Crippen LogP contribution in [-0.2, 0) is 6.42 Å². The summed E-state index contributed by atoms with van der Waals surface area (Å²) < 4.78 is 0. The van der Waals surface area contributed by atoms with Crippen LogP contribution >= 0.6 is 0 Å². The van der Waals surface area contributed by atoms with E-state index in [1.54, 1.807) is 6.07 Å². The number of nitro benzene ring substituents is 1. The average molecular weight is 196 g/mol. The summed E-state index contributed by atoms with van der Waals surface area (Å²) in [4.78, 5) is 9.87. The standard InChI is InChI=1S/C9H12N2O3/c10-5-1-2-7-3-4-9(12)8(6-7)11(13)14/h3-4,6,12H,1-2,5,10H2. The molecule has 76 valence electrons. The maximum atomic E-state index is 10.5. The molecule has 0 fully saturated rings. The SMILES string of the molecule is NCCCc1ccc(O)c([N+](=O)[O-])c1. The number of hydrogen-bond acceptors (Lipinski definition) is 4. The molecule has 0 atom stereocenters. The van der Waals surface area contributed by atoms with Crippen molar-refractivity contribution in [1.29, 1.82) is 0 Å². The molecular weight excluding hydrogens is 184 g/mol. The van der Waals surface area contributed by atoms with Crippen LogP contribution in [0.4, 0.5) is 5.69 Å². The molecule has 0 unspecified atom stereocenters. The molecule has 0 spiro atoms. The van der Waals surface area contributed by atoms with E-state index in [1.807, 2.05) is 0 Å². The van der Waals surface area contributed by atoms with Crippen LogP contribution < -0.4 is 5.73 Å². The van der Waals surface area contributed by atoms with E-state index in [9.17, 15) is 10.1 Å². The number of phenolic OH excluding ortho intramolecular Hbond substituents is 1. The first-order chi connectivity index (χ1) is 6.65. The summed E-state index contributed by atoms with van der Waals surface area (Å²) in [5.74, 6) is -0.300. The van der Waals surface area contributed by atoms with E-state index in [2.05, 4.69) is 0 Å². The molecule has 0 amide bonds. The van der Waals surface area contributed by atoms with Gasteiger partial charge in [0.15, 0.2) is 5.75 Å². The number of phenols is 1. The van der Waals surface area contributed by atoms with Crippen molar-refractivity contribution in [3.63, 3.8) is 0 Å². The average Bonchev–Trinajstić information content (AvgIpc) is 2.16. The summed E-state index contributed by atoms with van der Waals surface area (Å²) in [6.45, 7) is 0.550. The predicted octanol–water partition coefficient (Wildman–Crippen LogP) is 1.19. The largest absolute Gasteiger partial charge is 0.502 e. The number of hydrogen-bond donors (Lipinski definition) is 2. The van der Waals surface area contributed by atoms with Gasteiger partial charge in [-0.2, -0.15) is 0 Å². The topological polar surface area (TPSA) is 89.4 Å². The monoisotopic (exact) mass is 196 g/mol. The van der Waals surface area contributed by atoms with Crippen molar-refractivity contribution in [2.45, 2.75) is 12.8 Å². The predicted molar refractivity (Wildman–Crippen MR) is 52.1 cm³/mol. The molecule has 0 aliphatic rings. The Balaban J connectivity index is 2.89. The number of nitrogens with zero attached hydrogens (tertiary/aromatic N) is 1. The normalized spacial score (nSPS) is 10.1. The molecule has 0 aliphatic carbocycles. The van der Waals surface area contributed by atoms with Crippen molar-refractivity contribution in [3.8, 4) is 5.75 Å². The van der Waals surface area contributed by atoms with E-state index in [4.69, 9.17) is 10.8 Å². The van der Waals surface area contributed by atoms with Gasteiger partial charge in [-0.15, -0.1) is 0 Å². The Morgan fingerprint density at radius 3 is 2.79 bits per heavy atom. The van der Waals surface area contributed by atoms with Crippen LogP contribution in [0, 0.1) is 10.1 Å². The van der Waals surface area contributed by atoms with Gasteiger partial charge in [0.05, 0.1) is 4.92 Å². The number of benzene rings is 1. The van der Waals surface area contributed by atoms with Gasteiger partial charge in [-0.1, -0.05) is 6.07 Å². The maximum absolute atomic E-state index is 10.5. The molecule has 0 aromatic heterocycles. The zero-order chi connectivity index (χ0) is 10.6. The zero-order valence-electron chi connectivity index (χ0n) is 7.64. The lowest BCUT2D eigenvalue weighted by atomic mass is 10.1. The van der Waals surface area contributed by atoms with Crippen LogP contribution in [0.25, 0.3) is 0 Å². The number of rotatable bonds is 4. The fourth-order valence-corrected chi connectivity index (χ4v) is 1.18. The maximum Gasteiger partial charge on any atom is 0.310 e. The molecule has 0 saturated carbocycles. The molecule has 0 heterocycles. The van der Waals surface area contributed by atoms with Crippen LogP contribution in [0.1, 0.15) is 12.0 Å². The summed E-state index contributed by atoms with van der Waals surface area (Å²) in [7, 11) is 0. The number of aromatic hydroxyl groups is 1. The van der Waals surface area contributed by atoms with Gasteiger partial charge in [-0.05, 0) is 31.0 Å². The third-order valence-corrected chi connectivity index (χ3v) is 1.91. The van der Waals surface area contributed by atoms with Gasteiger partial charge < -0.3 is 10.8 Å². The Bertz CT molecular complexity index is 339. The van der Waals surface area contributed by atoms with E-state index in [1.165, 1.54) is 12.1 Å². The van der Waals surface area contributed by atoms with Crippen molar-refractivity contribution in [1.82, 2.24) is 0 Å². The molecule has 5 nitrogen and oxygen atoms in total. The van der Waals surface area contributed by atoms with Gasteiger partial charge in [0.25, 0.3) is 0 Å². The van der Waals surface area contributed by atoms with Gasteiger partial charge in [0, 0.05) is 6.07 Å². The molecule has 0 radical (unpaired) electrons. The van der Waals surface area contributed by atoms with Crippen molar-refractivity contribution in [3.05, 3.63) is 33.9 Å². The van der Waals surface area contributed by atoms with Gasteiger partial charge in [-0.25, -0.2) is 0 Å². The third-order valence-electron chi connectivity index (χ3n) is 1.91. The lowest BCUT2D eigenvalue weighted by molar-refractivity contribution is -0.385. The Morgan fingerprint density at radius 2 is 2.21 bits per heavy atom. The minimum atomic E-state index is -0.596. The lowest BCUT2D eigenvalue weighted by Gasteiger charge is -2.00. The fraction of sp³-hybridized carbons (Fsp3) is 0.333. The highest BCUT2D eigenvalue weighted by molar-refractivity contribution is 5.47. The quantitative estimate of drug-likeness (QED) is 0.559. The summed E-state index contributed by atoms with van der Waals surface area (Å²) >= 11 is 0. The zero-order valence-corrected chi connectivity index (χ0v) is 7.64. The van der Waals surface area contributed by atoms with Crippen LogP contribution in [0.5, 0.6) is 5.75 Å². The molecular formula is C9H12N2O3. The second-order valence-electron chi connectivity index (χ2n) is 2.97. The highest BCUT2D eigenvalue weighted by atomic mass is 16.6. The summed E-state index contributed by atoms with van der Waals surface area (Å²) in [6, 6.07) is 4.38. The number of nitro groups is 1. The van der Waals surface area contributed by atoms with Gasteiger partial charge in [0.1, 0.15) is 0 Å². The first-order valence-corrected chi connectivity index (χ1v) is 4.31. The lowest BCUT2D eigenvalue weighted by Crippen LogP contribution is -2.00. The van der Waals surface area contributed by atoms with Crippen molar-refractivity contribution >= 4 is 5.69 Å². The van der Waals surface area contributed by atoms with Crippen LogP contribution in [0.15, 0.2) is 18.2 Å². The van der Waals surface area contributed by atoms with E-state index in [-0.39, 0.29) is 11.4 Å². The Labute approximate surface area is 81.3 Å². The molecule has 1 aromatic rings. The van der Waals surface area contributed by atoms with E-state index >= 15 is 0 Å². The van der Waals surface area contributed by atoms with Crippen LogP contribution in [0.2, 0.25) is 0 Å². The molecule has 3 N–H and O–H groups in total. The number of aryl methyl sites for hydroxylation is 1. The van der Waals surface area contributed by atoms with Crippen molar-refractivity contribution < 1.29 is 10.0 Å². The highest BCUT2D eigenvalue weighted by Crippen LogP contribution is 2.26. The molecule has 0 saturated heterocycles. The molecule has 1 rings (SSSR count). The highest BCUT2D eigenvalue weighted by Gasteiger charge is 2.12. The van der Waals surface area contributed by atoms with Crippen molar-refractivity contribution in [2.24, 2.45) is 5.73 Å². The summed E-state index contributed by atoms with van der Waals surface area (Å²) in [5.41, 5.74) is 5.89.